The van der Waals surface area contributed by atoms with Gasteiger partial charge in [-0.15, -0.1) is 6.07 Å². The molecule has 5 heteroatoms. The number of hydrogen-bond acceptors (Lipinski definition) is 4. The maximum Gasteiger partial charge on any atom is 2.00 e. The van der Waals surface area contributed by atoms with Gasteiger partial charge in [-0.3, -0.25) is 6.29 Å². The fourth-order valence-corrected chi connectivity index (χ4v) is 4.39. The average molecular weight is 592 g/mol. The first-order valence-electron chi connectivity index (χ1n) is 10.3. The molecular formula is C26H32O4W. The van der Waals surface area contributed by atoms with E-state index in [9.17, 15) is 4.79 Å². The molecule has 31 heavy (non-hydrogen) atoms. The Morgan fingerprint density at radius 2 is 1.58 bits per heavy atom. The van der Waals surface area contributed by atoms with Gasteiger partial charge in [0.15, 0.2) is 6.47 Å². The van der Waals surface area contributed by atoms with Crippen molar-refractivity contribution in [1.82, 2.24) is 0 Å². The van der Waals surface area contributed by atoms with Crippen LogP contribution in [0.4, 0.5) is 0 Å². The van der Waals surface area contributed by atoms with Crippen LogP contribution < -0.4 is 9.47 Å². The Balaban J connectivity index is 0.00000113. The van der Waals surface area contributed by atoms with Crippen molar-refractivity contribution in [1.29, 1.82) is 0 Å². The van der Waals surface area contributed by atoms with Crippen LogP contribution in [0.25, 0.3) is 0 Å². The predicted octanol–water partition coefficient (Wildman–Crippen LogP) is 5.70. The third-order valence-corrected chi connectivity index (χ3v) is 6.71. The van der Waals surface area contributed by atoms with Crippen molar-refractivity contribution >= 4 is 12.8 Å². The largest absolute Gasteiger partial charge is 2.00 e. The number of ether oxygens (including phenoxy) is 2. The summed E-state index contributed by atoms with van der Waals surface area (Å²) in [6, 6.07) is 14.7. The van der Waals surface area contributed by atoms with Gasteiger partial charge in [0.1, 0.15) is 5.75 Å². The maximum absolute atomic E-state index is 10.6. The average Bonchev–Trinajstić information content (AvgIpc) is 2.72. The van der Waals surface area contributed by atoms with Gasteiger partial charge in [0.05, 0.1) is 7.11 Å². The summed E-state index contributed by atoms with van der Waals surface area (Å²) in [5.41, 5.74) is 3.85. The van der Waals surface area contributed by atoms with Crippen molar-refractivity contribution < 1.29 is 40.1 Å². The molecular weight excluding hydrogens is 560 g/mol. The Labute approximate surface area is 201 Å². The molecule has 0 amide bonds. The number of carbonyl (C=O) groups excluding carboxylic acids is 2. The standard InChI is InChI=1S/C24H29O3.C2H3O.W/c1-17-14-20(8-11-22(17)27-16-25)24(13-12-23(3,4)18(2)15-24)19-6-9-21(26-5)10-7-19;1-2-3;/h6-11,14,18H,12-13,15H2,1-5H3;1H3;/q2*-1;+2. The smallest absolute Gasteiger partial charge is 0.610 e. The number of rotatable bonds is 5. The molecule has 2 aromatic carbocycles. The molecule has 0 bridgehead atoms. The van der Waals surface area contributed by atoms with Gasteiger partial charge < -0.3 is 19.1 Å². The Hall–Kier alpha value is -1.93. The fourth-order valence-electron chi connectivity index (χ4n) is 4.39. The minimum Gasteiger partial charge on any atom is -0.610 e. The van der Waals surface area contributed by atoms with E-state index in [0.29, 0.717) is 17.1 Å². The molecule has 0 N–H and O–H groups in total. The molecule has 1 aliphatic rings. The molecule has 4 nitrogen and oxygen atoms in total. The van der Waals surface area contributed by atoms with Crippen molar-refractivity contribution in [3.63, 3.8) is 0 Å². The number of aryl methyl sites for hydroxylation is 1. The quantitative estimate of drug-likeness (QED) is 0.419. The van der Waals surface area contributed by atoms with Crippen molar-refractivity contribution in [3.8, 4) is 11.5 Å². The molecule has 1 fully saturated rings. The van der Waals surface area contributed by atoms with Crippen molar-refractivity contribution in [2.75, 3.05) is 7.11 Å². The van der Waals surface area contributed by atoms with Gasteiger partial charge in [-0.1, -0.05) is 57.5 Å². The first-order chi connectivity index (χ1) is 14.2. The van der Waals surface area contributed by atoms with E-state index >= 15 is 0 Å². The van der Waals surface area contributed by atoms with E-state index in [1.807, 2.05) is 25.1 Å². The topological polar surface area (TPSA) is 52.6 Å². The Morgan fingerprint density at radius 1 is 1.00 bits per heavy atom. The van der Waals surface area contributed by atoms with E-state index in [1.165, 1.54) is 37.2 Å². The Kier molecular flexibility index (Phi) is 10.2. The van der Waals surface area contributed by atoms with Crippen molar-refractivity contribution in [3.05, 3.63) is 59.2 Å². The molecule has 2 unspecified atom stereocenters. The summed E-state index contributed by atoms with van der Waals surface area (Å²) in [6.07, 6.45) is 4.85. The molecule has 0 saturated heterocycles. The minimum atomic E-state index is -0.0462. The SMILES string of the molecule is COc1ccc(C2(c3ccc(O[C-]=O)c(C)c3)CCC(C)(C)C(C)C2)cc1.C[C-]=O.[W+2]. The van der Waals surface area contributed by atoms with Crippen LogP contribution in [0.2, 0.25) is 0 Å². The second-order valence-electron chi connectivity index (χ2n) is 8.77. The van der Waals surface area contributed by atoms with Crippen LogP contribution in [0.1, 0.15) is 63.6 Å². The van der Waals surface area contributed by atoms with Gasteiger partial charge in [0.25, 0.3) is 0 Å². The molecule has 0 radical (unpaired) electrons. The molecule has 0 spiro atoms. The van der Waals surface area contributed by atoms with Crippen LogP contribution in [0.3, 0.4) is 0 Å². The van der Waals surface area contributed by atoms with Crippen LogP contribution in [0.15, 0.2) is 42.5 Å². The molecule has 0 heterocycles. The van der Waals surface area contributed by atoms with Gasteiger partial charge in [-0.2, -0.15) is 6.92 Å². The van der Waals surface area contributed by atoms with E-state index in [0.717, 1.165) is 24.2 Å². The Morgan fingerprint density at radius 3 is 2.06 bits per heavy atom. The summed E-state index contributed by atoms with van der Waals surface area (Å²) in [7, 11) is 1.70. The minimum absolute atomic E-state index is 0. The first-order valence-corrected chi connectivity index (χ1v) is 10.3. The van der Waals surface area contributed by atoms with Gasteiger partial charge >= 0.3 is 21.1 Å². The second kappa shape index (κ2) is 11.6. The zero-order valence-corrected chi connectivity index (χ0v) is 22.2. The van der Waals surface area contributed by atoms with E-state index in [-0.39, 0.29) is 26.5 Å². The van der Waals surface area contributed by atoms with Crippen LogP contribution in [-0.4, -0.2) is 19.9 Å². The third kappa shape index (κ3) is 6.07. The third-order valence-electron chi connectivity index (χ3n) is 6.71. The molecule has 2 aromatic rings. The second-order valence-corrected chi connectivity index (χ2v) is 8.77. The summed E-state index contributed by atoms with van der Waals surface area (Å²) < 4.78 is 10.3. The zero-order valence-electron chi connectivity index (χ0n) is 19.3. The molecule has 2 atom stereocenters. The molecule has 0 aliphatic heterocycles. The molecule has 1 saturated carbocycles. The number of hydrogen-bond donors (Lipinski definition) is 0. The van der Waals surface area contributed by atoms with E-state index in [2.05, 4.69) is 45.0 Å². The zero-order chi connectivity index (χ0) is 22.4. The molecule has 1 aliphatic carbocycles. The van der Waals surface area contributed by atoms with Gasteiger partial charge in [-0.25, -0.2) is 0 Å². The summed E-state index contributed by atoms with van der Waals surface area (Å²) in [5, 5.41) is 0. The summed E-state index contributed by atoms with van der Waals surface area (Å²) in [5.74, 6) is 2.04. The van der Waals surface area contributed by atoms with Crippen molar-refractivity contribution in [2.45, 2.75) is 59.3 Å². The summed E-state index contributed by atoms with van der Waals surface area (Å²) >= 11 is 0. The number of benzene rings is 2. The van der Waals surface area contributed by atoms with Crippen LogP contribution in [0, 0.1) is 18.3 Å². The first kappa shape index (κ1) is 27.1. The summed E-state index contributed by atoms with van der Waals surface area (Å²) in [4.78, 5) is 19.3. The normalized spacial score (nSPS) is 21.5. The van der Waals surface area contributed by atoms with Crippen LogP contribution in [-0.2, 0) is 36.1 Å². The predicted molar refractivity (Wildman–Crippen MR) is 119 cm³/mol. The number of methoxy groups -OCH3 is 1. The van der Waals surface area contributed by atoms with Crippen molar-refractivity contribution in [2.24, 2.45) is 11.3 Å². The van der Waals surface area contributed by atoms with E-state index in [4.69, 9.17) is 14.3 Å². The maximum atomic E-state index is 10.6. The Bertz CT molecular complexity index is 860. The van der Waals surface area contributed by atoms with Gasteiger partial charge in [-0.05, 0) is 59.6 Å². The molecule has 166 valence electrons. The van der Waals surface area contributed by atoms with Gasteiger partial charge in [0, 0.05) is 5.41 Å². The van der Waals surface area contributed by atoms with Crippen LogP contribution in [0.5, 0.6) is 11.5 Å². The molecule has 0 aromatic heterocycles. The van der Waals surface area contributed by atoms with Gasteiger partial charge in [0.2, 0.25) is 0 Å². The monoisotopic (exact) mass is 592 g/mol. The van der Waals surface area contributed by atoms with E-state index in [1.54, 1.807) is 7.11 Å². The van der Waals surface area contributed by atoms with E-state index < -0.39 is 0 Å². The van der Waals surface area contributed by atoms with Crippen LogP contribution >= 0.6 is 0 Å². The fraction of sp³-hybridized carbons (Fsp3) is 0.462. The summed E-state index contributed by atoms with van der Waals surface area (Å²) in [6.45, 7) is 11.9. The molecule has 3 rings (SSSR count).